The molecule has 2 rings (SSSR count). The van der Waals surface area contributed by atoms with Crippen LogP contribution in [-0.2, 0) is 0 Å². The average Bonchev–Trinajstić information content (AvgIpc) is 2.75. The molecule has 6 heteroatoms. The summed E-state index contributed by atoms with van der Waals surface area (Å²) in [6.07, 6.45) is 3.15. The molecular formula is C7H7N5S. The fourth-order valence-corrected chi connectivity index (χ4v) is 1.37. The molecule has 66 valence electrons. The van der Waals surface area contributed by atoms with Crippen molar-refractivity contribution >= 4 is 23.5 Å². The summed E-state index contributed by atoms with van der Waals surface area (Å²) >= 11 is 1.62. The number of hydrogen-bond acceptors (Lipinski definition) is 5. The second-order valence-electron chi connectivity index (χ2n) is 2.22. The number of thiophene rings is 1. The summed E-state index contributed by atoms with van der Waals surface area (Å²) in [6.45, 7) is 0. The zero-order valence-corrected chi connectivity index (χ0v) is 7.45. The fraction of sp³-hybridized carbons (Fsp3) is 0. The van der Waals surface area contributed by atoms with E-state index in [-0.39, 0.29) is 0 Å². The van der Waals surface area contributed by atoms with Gasteiger partial charge in [0.05, 0.1) is 6.21 Å². The number of rotatable bonds is 3. The standard InChI is InChI=1S/C7H7N5S/c1-2-6(13-3-1)4-9-11-7-8-5-10-12-7/h1-5H,(H2,8,10,11,12)/b9-4+. The van der Waals surface area contributed by atoms with Crippen LogP contribution in [0.25, 0.3) is 0 Å². The van der Waals surface area contributed by atoms with Gasteiger partial charge in [-0.05, 0) is 11.4 Å². The molecule has 0 spiro atoms. The van der Waals surface area contributed by atoms with E-state index in [0.717, 1.165) is 4.88 Å². The maximum atomic E-state index is 3.96. The van der Waals surface area contributed by atoms with Gasteiger partial charge in [-0.3, -0.25) is 0 Å². The van der Waals surface area contributed by atoms with E-state index in [1.54, 1.807) is 17.6 Å². The third kappa shape index (κ3) is 2.12. The molecule has 0 aromatic carbocycles. The Labute approximate surface area is 78.5 Å². The van der Waals surface area contributed by atoms with Gasteiger partial charge in [0.15, 0.2) is 0 Å². The number of nitrogens with zero attached hydrogens (tertiary/aromatic N) is 3. The van der Waals surface area contributed by atoms with E-state index in [9.17, 15) is 0 Å². The first-order valence-corrected chi connectivity index (χ1v) is 4.51. The number of H-pyrrole nitrogens is 1. The number of aromatic nitrogens is 3. The normalized spacial score (nSPS) is 10.8. The maximum absolute atomic E-state index is 3.96. The van der Waals surface area contributed by atoms with Crippen molar-refractivity contribution in [3.05, 3.63) is 28.7 Å². The van der Waals surface area contributed by atoms with E-state index >= 15 is 0 Å². The summed E-state index contributed by atoms with van der Waals surface area (Å²) in [6, 6.07) is 3.96. The lowest BCUT2D eigenvalue weighted by molar-refractivity contribution is 1.08. The molecule has 0 amide bonds. The molecule has 0 aliphatic heterocycles. The van der Waals surface area contributed by atoms with Crippen LogP contribution in [0.1, 0.15) is 4.88 Å². The van der Waals surface area contributed by atoms with Crippen LogP contribution in [0, 0.1) is 0 Å². The van der Waals surface area contributed by atoms with Gasteiger partial charge in [0.1, 0.15) is 6.33 Å². The van der Waals surface area contributed by atoms with Crippen LogP contribution in [-0.4, -0.2) is 21.4 Å². The highest BCUT2D eigenvalue weighted by Gasteiger charge is 1.89. The van der Waals surface area contributed by atoms with E-state index < -0.39 is 0 Å². The molecule has 13 heavy (non-hydrogen) atoms. The van der Waals surface area contributed by atoms with Gasteiger partial charge in [0.2, 0.25) is 5.95 Å². The summed E-state index contributed by atoms with van der Waals surface area (Å²) in [5.41, 5.74) is 2.71. The number of aromatic amines is 1. The minimum Gasteiger partial charge on any atom is -0.246 e. The molecule has 0 radical (unpaired) electrons. The van der Waals surface area contributed by atoms with E-state index in [4.69, 9.17) is 0 Å². The van der Waals surface area contributed by atoms with Crippen LogP contribution in [0.3, 0.4) is 0 Å². The zero-order chi connectivity index (χ0) is 8.93. The largest absolute Gasteiger partial charge is 0.246 e. The number of hydrogen-bond donors (Lipinski definition) is 2. The lowest BCUT2D eigenvalue weighted by Gasteiger charge is -1.89. The van der Waals surface area contributed by atoms with Crippen molar-refractivity contribution < 1.29 is 0 Å². The molecule has 2 aromatic rings. The quantitative estimate of drug-likeness (QED) is 0.570. The van der Waals surface area contributed by atoms with Crippen molar-refractivity contribution in [2.75, 3.05) is 5.43 Å². The Bertz CT molecular complexity index is 364. The van der Waals surface area contributed by atoms with Gasteiger partial charge in [0.25, 0.3) is 0 Å². The number of anilines is 1. The third-order valence-corrected chi connectivity index (χ3v) is 2.13. The average molecular weight is 193 g/mol. The molecule has 0 fully saturated rings. The molecule has 0 bridgehead atoms. The highest BCUT2D eigenvalue weighted by atomic mass is 32.1. The molecule has 0 saturated heterocycles. The molecule has 5 nitrogen and oxygen atoms in total. The Morgan fingerprint density at radius 2 is 2.62 bits per heavy atom. The van der Waals surface area contributed by atoms with E-state index in [2.05, 4.69) is 25.7 Å². The van der Waals surface area contributed by atoms with Gasteiger partial charge in [-0.15, -0.1) is 11.3 Å². The first-order valence-electron chi connectivity index (χ1n) is 3.63. The van der Waals surface area contributed by atoms with Crippen LogP contribution < -0.4 is 5.43 Å². The fourth-order valence-electron chi connectivity index (χ4n) is 0.781. The first kappa shape index (κ1) is 7.93. The Balaban J connectivity index is 1.93. The molecular weight excluding hydrogens is 186 g/mol. The summed E-state index contributed by atoms with van der Waals surface area (Å²) in [4.78, 5) is 4.94. The molecule has 0 aliphatic carbocycles. The molecule has 2 heterocycles. The topological polar surface area (TPSA) is 66.0 Å². The summed E-state index contributed by atoms with van der Waals surface area (Å²) in [7, 11) is 0. The van der Waals surface area contributed by atoms with Crippen molar-refractivity contribution in [1.29, 1.82) is 0 Å². The zero-order valence-electron chi connectivity index (χ0n) is 6.64. The van der Waals surface area contributed by atoms with Crippen LogP contribution in [0.5, 0.6) is 0 Å². The molecule has 0 unspecified atom stereocenters. The minimum atomic E-state index is 0.535. The second-order valence-corrected chi connectivity index (χ2v) is 3.20. The van der Waals surface area contributed by atoms with Crippen molar-refractivity contribution in [3.8, 4) is 0 Å². The van der Waals surface area contributed by atoms with Crippen molar-refractivity contribution in [1.82, 2.24) is 15.2 Å². The van der Waals surface area contributed by atoms with Crippen molar-refractivity contribution in [3.63, 3.8) is 0 Å². The van der Waals surface area contributed by atoms with Gasteiger partial charge >= 0.3 is 0 Å². The smallest absolute Gasteiger partial charge is 0.239 e. The third-order valence-electron chi connectivity index (χ3n) is 1.32. The minimum absolute atomic E-state index is 0.535. The Hall–Kier alpha value is -1.69. The molecule has 2 aromatic heterocycles. The van der Waals surface area contributed by atoms with Crippen LogP contribution in [0.15, 0.2) is 28.9 Å². The number of nitrogens with one attached hydrogen (secondary N) is 2. The highest BCUT2D eigenvalue weighted by molar-refractivity contribution is 7.11. The Morgan fingerprint density at radius 3 is 3.31 bits per heavy atom. The van der Waals surface area contributed by atoms with Gasteiger partial charge in [-0.25, -0.2) is 10.5 Å². The monoisotopic (exact) mass is 193 g/mol. The maximum Gasteiger partial charge on any atom is 0.239 e. The van der Waals surface area contributed by atoms with Crippen LogP contribution >= 0.6 is 11.3 Å². The summed E-state index contributed by atoms with van der Waals surface area (Å²) < 4.78 is 0. The highest BCUT2D eigenvalue weighted by Crippen LogP contribution is 2.04. The van der Waals surface area contributed by atoms with E-state index in [1.165, 1.54) is 6.33 Å². The van der Waals surface area contributed by atoms with Gasteiger partial charge in [-0.2, -0.15) is 15.2 Å². The van der Waals surface area contributed by atoms with Crippen molar-refractivity contribution in [2.24, 2.45) is 5.10 Å². The second kappa shape index (κ2) is 3.81. The molecule has 0 aliphatic rings. The Kier molecular flexibility index (Phi) is 2.33. The predicted molar refractivity (Wildman–Crippen MR) is 51.9 cm³/mol. The lowest BCUT2D eigenvalue weighted by Crippen LogP contribution is -1.90. The van der Waals surface area contributed by atoms with E-state index in [1.807, 2.05) is 17.5 Å². The van der Waals surface area contributed by atoms with Crippen LogP contribution in [0.4, 0.5) is 5.95 Å². The predicted octanol–water partition coefficient (Wildman–Crippen LogP) is 1.31. The Morgan fingerprint density at radius 1 is 1.62 bits per heavy atom. The first-order chi connectivity index (χ1) is 6.45. The van der Waals surface area contributed by atoms with Crippen LogP contribution in [0.2, 0.25) is 0 Å². The van der Waals surface area contributed by atoms with Gasteiger partial charge in [-0.1, -0.05) is 6.07 Å². The number of hydrazone groups is 1. The summed E-state index contributed by atoms with van der Waals surface area (Å²) in [5.74, 6) is 0.535. The SMILES string of the molecule is C(=N\Nc1ncn[nH]1)/c1cccs1. The lowest BCUT2D eigenvalue weighted by atomic mass is 10.5. The molecule has 0 atom stereocenters. The molecule has 0 saturated carbocycles. The van der Waals surface area contributed by atoms with E-state index in [0.29, 0.717) is 5.95 Å². The molecule has 2 N–H and O–H groups in total. The van der Waals surface area contributed by atoms with Crippen molar-refractivity contribution in [2.45, 2.75) is 0 Å². The summed E-state index contributed by atoms with van der Waals surface area (Å²) in [5, 5.41) is 12.3. The van der Waals surface area contributed by atoms with Gasteiger partial charge in [0, 0.05) is 4.88 Å². The van der Waals surface area contributed by atoms with Gasteiger partial charge < -0.3 is 0 Å².